The molecular formula is C20H23N3O3. The van der Waals surface area contributed by atoms with E-state index in [1.54, 1.807) is 17.9 Å². The molecule has 0 aromatic heterocycles. The van der Waals surface area contributed by atoms with Gasteiger partial charge in [0.15, 0.2) is 0 Å². The summed E-state index contributed by atoms with van der Waals surface area (Å²) in [4.78, 5) is 27.0. The third-order valence-corrected chi connectivity index (χ3v) is 4.43. The number of ether oxygens (including phenoxy) is 1. The first kappa shape index (κ1) is 17.8. The molecular weight excluding hydrogens is 330 g/mol. The van der Waals surface area contributed by atoms with Crippen molar-refractivity contribution in [2.45, 2.75) is 19.4 Å². The van der Waals surface area contributed by atoms with Crippen molar-refractivity contribution in [2.75, 3.05) is 19.7 Å². The van der Waals surface area contributed by atoms with Crippen molar-refractivity contribution >= 4 is 11.9 Å². The van der Waals surface area contributed by atoms with Crippen LogP contribution >= 0.6 is 0 Å². The fraction of sp³-hybridized carbons (Fsp3) is 0.300. The van der Waals surface area contributed by atoms with Crippen molar-refractivity contribution < 1.29 is 14.3 Å². The average molecular weight is 353 g/mol. The highest BCUT2D eigenvalue weighted by Crippen LogP contribution is 2.34. The number of carbonyl (C=O) groups excluding carboxylic acids is 2. The lowest BCUT2D eigenvalue weighted by Gasteiger charge is -2.33. The average Bonchev–Trinajstić information content (AvgIpc) is 2.66. The largest absolute Gasteiger partial charge is 0.489 e. The van der Waals surface area contributed by atoms with Crippen LogP contribution in [0.3, 0.4) is 0 Å². The molecule has 6 nitrogen and oxygen atoms in total. The summed E-state index contributed by atoms with van der Waals surface area (Å²) in [6.07, 6.45) is 6.55. The second-order valence-corrected chi connectivity index (χ2v) is 6.22. The van der Waals surface area contributed by atoms with Gasteiger partial charge in [0.25, 0.3) is 5.91 Å². The minimum atomic E-state index is -0.567. The Balaban J connectivity index is 1.99. The Labute approximate surface area is 153 Å². The smallest absolute Gasteiger partial charge is 0.319 e. The van der Waals surface area contributed by atoms with E-state index < -0.39 is 6.04 Å². The monoisotopic (exact) mass is 353 g/mol. The Morgan fingerprint density at radius 3 is 2.92 bits per heavy atom. The van der Waals surface area contributed by atoms with E-state index in [0.29, 0.717) is 36.7 Å². The van der Waals surface area contributed by atoms with Gasteiger partial charge in [0.2, 0.25) is 0 Å². The number of hydrogen-bond donors (Lipinski definition) is 2. The molecule has 0 saturated heterocycles. The number of nitrogens with one attached hydrogen (secondary N) is 2. The first-order chi connectivity index (χ1) is 12.6. The van der Waals surface area contributed by atoms with Crippen LogP contribution in [0.15, 0.2) is 60.3 Å². The molecule has 0 unspecified atom stereocenters. The molecule has 1 aromatic rings. The number of nitrogens with zero attached hydrogens (tertiary/aromatic N) is 1. The molecule has 2 aliphatic rings. The lowest BCUT2D eigenvalue weighted by atomic mass is 9.93. The standard InChI is InChI=1S/C20H23N3O3/c1-3-13-26-16-10-6-5-9-15(16)18-17(14(2)21-20(25)22-18)19(24)23-11-7-4-8-12-23/h3-7,9-10,18H,1,8,11-13H2,2H3,(H2,21,22,25)/t18-/m0/s1. The summed E-state index contributed by atoms with van der Waals surface area (Å²) in [5.74, 6) is 0.541. The molecule has 1 atom stereocenters. The molecule has 0 saturated carbocycles. The van der Waals surface area contributed by atoms with Gasteiger partial charge in [-0.3, -0.25) is 4.79 Å². The number of urea groups is 1. The summed E-state index contributed by atoms with van der Waals surface area (Å²) in [7, 11) is 0. The summed E-state index contributed by atoms with van der Waals surface area (Å²) in [6, 6.07) is 6.52. The molecule has 1 aromatic carbocycles. The quantitative estimate of drug-likeness (QED) is 0.800. The highest BCUT2D eigenvalue weighted by atomic mass is 16.5. The SMILES string of the molecule is C=CCOc1ccccc1[C@@H]1NC(=O)NC(C)=C1C(=O)N1CC=CCC1. The number of amides is 3. The molecule has 3 amide bonds. The van der Waals surface area contributed by atoms with Crippen LogP contribution in [0.1, 0.15) is 24.9 Å². The number of para-hydroxylation sites is 1. The Morgan fingerprint density at radius 1 is 1.38 bits per heavy atom. The van der Waals surface area contributed by atoms with Crippen LogP contribution in [-0.2, 0) is 4.79 Å². The molecule has 0 fully saturated rings. The predicted molar refractivity (Wildman–Crippen MR) is 99.6 cm³/mol. The zero-order valence-electron chi connectivity index (χ0n) is 14.8. The fourth-order valence-electron chi connectivity index (χ4n) is 3.21. The highest BCUT2D eigenvalue weighted by molar-refractivity contribution is 5.98. The zero-order chi connectivity index (χ0) is 18.5. The Hall–Kier alpha value is -3.02. The van der Waals surface area contributed by atoms with Crippen molar-refractivity contribution in [3.8, 4) is 5.75 Å². The van der Waals surface area contributed by atoms with Gasteiger partial charge in [-0.2, -0.15) is 0 Å². The van der Waals surface area contributed by atoms with E-state index in [0.717, 1.165) is 12.0 Å². The maximum absolute atomic E-state index is 13.2. The predicted octanol–water partition coefficient (Wildman–Crippen LogP) is 2.67. The number of carbonyl (C=O) groups is 2. The number of rotatable bonds is 5. The van der Waals surface area contributed by atoms with Gasteiger partial charge >= 0.3 is 6.03 Å². The van der Waals surface area contributed by atoms with Gasteiger partial charge in [-0.05, 0) is 19.4 Å². The van der Waals surface area contributed by atoms with Gasteiger partial charge < -0.3 is 20.3 Å². The van der Waals surface area contributed by atoms with Crippen LogP contribution in [0.25, 0.3) is 0 Å². The van der Waals surface area contributed by atoms with E-state index >= 15 is 0 Å². The topological polar surface area (TPSA) is 70.7 Å². The van der Waals surface area contributed by atoms with Crippen LogP contribution in [-0.4, -0.2) is 36.5 Å². The molecule has 26 heavy (non-hydrogen) atoms. The Kier molecular flexibility index (Phi) is 5.41. The fourth-order valence-corrected chi connectivity index (χ4v) is 3.21. The number of hydrogen-bond acceptors (Lipinski definition) is 3. The summed E-state index contributed by atoms with van der Waals surface area (Å²) >= 11 is 0. The maximum atomic E-state index is 13.2. The molecule has 0 bridgehead atoms. The van der Waals surface area contributed by atoms with Crippen molar-refractivity contribution in [2.24, 2.45) is 0 Å². The minimum Gasteiger partial charge on any atom is -0.489 e. The van der Waals surface area contributed by atoms with Gasteiger partial charge in [-0.1, -0.05) is 43.0 Å². The molecule has 0 radical (unpaired) electrons. The second kappa shape index (κ2) is 7.91. The maximum Gasteiger partial charge on any atom is 0.319 e. The van der Waals surface area contributed by atoms with Crippen molar-refractivity contribution in [1.82, 2.24) is 15.5 Å². The van der Waals surface area contributed by atoms with Crippen molar-refractivity contribution in [3.63, 3.8) is 0 Å². The summed E-state index contributed by atoms with van der Waals surface area (Å²) in [5.41, 5.74) is 1.85. The lowest BCUT2D eigenvalue weighted by Crippen LogP contribution is -2.48. The van der Waals surface area contributed by atoms with E-state index in [1.165, 1.54) is 0 Å². The Morgan fingerprint density at radius 2 is 2.19 bits per heavy atom. The molecule has 136 valence electrons. The summed E-state index contributed by atoms with van der Waals surface area (Å²) in [6.45, 7) is 7.01. The zero-order valence-corrected chi connectivity index (χ0v) is 14.8. The minimum absolute atomic E-state index is 0.0807. The van der Waals surface area contributed by atoms with Gasteiger partial charge in [-0.15, -0.1) is 0 Å². The van der Waals surface area contributed by atoms with E-state index in [4.69, 9.17) is 4.74 Å². The van der Waals surface area contributed by atoms with Crippen molar-refractivity contribution in [3.05, 3.63) is 65.9 Å². The van der Waals surface area contributed by atoms with Gasteiger partial charge in [0, 0.05) is 24.4 Å². The molecule has 6 heteroatoms. The third-order valence-electron chi connectivity index (χ3n) is 4.43. The normalized spacial score (nSPS) is 19.7. The van der Waals surface area contributed by atoms with Crippen LogP contribution in [0.2, 0.25) is 0 Å². The van der Waals surface area contributed by atoms with Crippen LogP contribution in [0.4, 0.5) is 4.79 Å². The third kappa shape index (κ3) is 3.64. The molecule has 0 spiro atoms. The molecule has 2 heterocycles. The number of allylic oxidation sites excluding steroid dienone is 1. The van der Waals surface area contributed by atoms with Crippen LogP contribution in [0.5, 0.6) is 5.75 Å². The molecule has 0 aliphatic carbocycles. The van der Waals surface area contributed by atoms with Crippen LogP contribution in [0, 0.1) is 0 Å². The summed E-state index contributed by atoms with van der Waals surface area (Å²) < 4.78 is 5.74. The van der Waals surface area contributed by atoms with Gasteiger partial charge in [0.1, 0.15) is 12.4 Å². The highest BCUT2D eigenvalue weighted by Gasteiger charge is 2.34. The first-order valence-electron chi connectivity index (χ1n) is 8.67. The first-order valence-corrected chi connectivity index (χ1v) is 8.67. The summed E-state index contributed by atoms with van der Waals surface area (Å²) in [5, 5.41) is 5.59. The second-order valence-electron chi connectivity index (χ2n) is 6.22. The van der Waals surface area contributed by atoms with E-state index in [1.807, 2.05) is 30.3 Å². The van der Waals surface area contributed by atoms with Gasteiger partial charge in [-0.25, -0.2) is 4.79 Å². The number of benzene rings is 1. The van der Waals surface area contributed by atoms with Gasteiger partial charge in [0.05, 0.1) is 11.6 Å². The van der Waals surface area contributed by atoms with Crippen molar-refractivity contribution in [1.29, 1.82) is 0 Å². The molecule has 2 N–H and O–H groups in total. The van der Waals surface area contributed by atoms with E-state index in [2.05, 4.69) is 23.3 Å². The molecule has 3 rings (SSSR count). The lowest BCUT2D eigenvalue weighted by molar-refractivity contribution is -0.127. The van der Waals surface area contributed by atoms with E-state index in [9.17, 15) is 9.59 Å². The van der Waals surface area contributed by atoms with Crippen LogP contribution < -0.4 is 15.4 Å². The molecule has 2 aliphatic heterocycles. The Bertz CT molecular complexity index is 782. The van der Waals surface area contributed by atoms with E-state index in [-0.39, 0.29) is 11.9 Å².